The van der Waals surface area contributed by atoms with Crippen LogP contribution in [0.5, 0.6) is 6.01 Å². The van der Waals surface area contributed by atoms with Crippen LogP contribution in [-0.4, -0.2) is 52.3 Å². The minimum atomic E-state index is -0.410. The lowest BCUT2D eigenvalue weighted by atomic mass is 10.1. The number of benzene rings is 2. The number of ether oxygens (including phenoxy) is 2. The molecule has 7 nitrogen and oxygen atoms in total. The van der Waals surface area contributed by atoms with E-state index in [0.717, 1.165) is 34.7 Å². The molecule has 1 heterocycles. The summed E-state index contributed by atoms with van der Waals surface area (Å²) in [5.74, 6) is 0.718. The van der Waals surface area contributed by atoms with E-state index in [-0.39, 0.29) is 0 Å². The Hall–Kier alpha value is -3.16. The van der Waals surface area contributed by atoms with Crippen LogP contribution in [-0.2, 0) is 4.74 Å². The molecular weight excluding hydrogens is 404 g/mol. The summed E-state index contributed by atoms with van der Waals surface area (Å²) in [6.07, 6.45) is 2.90. The number of nitrogens with one attached hydrogen (secondary N) is 1. The van der Waals surface area contributed by atoms with Crippen molar-refractivity contribution in [3.05, 3.63) is 66.7 Å². The fourth-order valence-corrected chi connectivity index (χ4v) is 3.24. The second-order valence-corrected chi connectivity index (χ2v) is 7.44. The number of nitrogens with zero attached hydrogens (tertiary/aromatic N) is 3. The summed E-state index contributed by atoms with van der Waals surface area (Å²) in [6, 6.07) is 16.3. The van der Waals surface area contributed by atoms with Crippen molar-refractivity contribution < 1.29 is 14.6 Å². The summed E-state index contributed by atoms with van der Waals surface area (Å²) in [7, 11) is 0. The highest BCUT2D eigenvalue weighted by atomic mass is 16.5. The van der Waals surface area contributed by atoms with Crippen molar-refractivity contribution in [2.75, 3.05) is 31.7 Å². The third kappa shape index (κ3) is 6.42. The molecule has 7 heteroatoms. The monoisotopic (exact) mass is 436 g/mol. The van der Waals surface area contributed by atoms with Crippen LogP contribution in [0, 0.1) is 6.92 Å². The van der Waals surface area contributed by atoms with Crippen LogP contribution in [0.3, 0.4) is 0 Å². The maximum atomic E-state index is 10.0. The number of allylic oxidation sites excluding steroid dienone is 1. The topological polar surface area (TPSA) is 81.4 Å². The van der Waals surface area contributed by atoms with Crippen LogP contribution in [0.2, 0.25) is 0 Å². The molecule has 1 atom stereocenters. The molecule has 0 aliphatic carbocycles. The number of anilines is 1. The van der Waals surface area contributed by atoms with E-state index in [2.05, 4.69) is 35.0 Å². The molecule has 0 radical (unpaired) electrons. The highest BCUT2D eigenvalue weighted by Gasteiger charge is 2.16. The molecule has 0 aliphatic heterocycles. The van der Waals surface area contributed by atoms with Gasteiger partial charge in [-0.25, -0.2) is 4.68 Å². The Morgan fingerprint density at radius 3 is 2.66 bits per heavy atom. The summed E-state index contributed by atoms with van der Waals surface area (Å²) < 4.78 is 12.8. The Labute approximate surface area is 189 Å². The molecule has 0 bridgehead atoms. The molecule has 2 aromatic carbocycles. The quantitative estimate of drug-likeness (QED) is 0.305. The van der Waals surface area contributed by atoms with E-state index >= 15 is 0 Å². The first-order valence-corrected chi connectivity index (χ1v) is 11.0. The fraction of sp³-hybridized carbons (Fsp3) is 0.360. The van der Waals surface area contributed by atoms with Crippen LogP contribution < -0.4 is 10.1 Å². The largest absolute Gasteiger partial charge is 0.460 e. The molecule has 170 valence electrons. The highest BCUT2D eigenvalue weighted by molar-refractivity contribution is 5.63. The number of aryl methyl sites for hydroxylation is 1. The maximum absolute atomic E-state index is 10.0. The molecule has 2 N–H and O–H groups in total. The number of hydrogen-bond donors (Lipinski definition) is 2. The predicted octanol–water partition coefficient (Wildman–Crippen LogP) is 4.40. The van der Waals surface area contributed by atoms with Crippen molar-refractivity contribution in [2.45, 2.75) is 32.8 Å². The standard InChI is InChI=1S/C25H32N4O3/c1-4-6-10-22(30)18-26-20-12-14-21(15-13-20)29-24(23-11-8-7-9-19(23)3)27-25(28-29)32-17-16-31-5-2/h4,7-9,11-15,22,26,30H,1,5-6,10,16-18H2,2-3H3. The molecule has 0 saturated carbocycles. The number of hydrogen-bond acceptors (Lipinski definition) is 6. The van der Waals surface area contributed by atoms with Gasteiger partial charge in [-0.05, 0) is 56.5 Å². The van der Waals surface area contributed by atoms with Crippen molar-refractivity contribution in [1.82, 2.24) is 14.8 Å². The lowest BCUT2D eigenvalue weighted by Crippen LogP contribution is -2.19. The normalized spacial score (nSPS) is 11.8. The lowest BCUT2D eigenvalue weighted by molar-refractivity contribution is 0.106. The smallest absolute Gasteiger partial charge is 0.336 e. The van der Waals surface area contributed by atoms with Crippen LogP contribution >= 0.6 is 0 Å². The van der Waals surface area contributed by atoms with Crippen molar-refractivity contribution >= 4 is 5.69 Å². The lowest BCUT2D eigenvalue weighted by Gasteiger charge is -2.13. The molecule has 0 fully saturated rings. The zero-order valence-corrected chi connectivity index (χ0v) is 18.8. The van der Waals surface area contributed by atoms with E-state index in [4.69, 9.17) is 9.47 Å². The third-order valence-electron chi connectivity index (χ3n) is 4.99. The molecule has 0 spiro atoms. The molecule has 0 amide bonds. The van der Waals surface area contributed by atoms with E-state index in [0.29, 0.717) is 38.8 Å². The van der Waals surface area contributed by atoms with Gasteiger partial charge in [0.15, 0.2) is 5.82 Å². The zero-order chi connectivity index (χ0) is 22.8. The van der Waals surface area contributed by atoms with E-state index in [1.165, 1.54) is 0 Å². The van der Waals surface area contributed by atoms with Gasteiger partial charge >= 0.3 is 6.01 Å². The van der Waals surface area contributed by atoms with E-state index in [9.17, 15) is 5.11 Å². The first kappa shape index (κ1) is 23.5. The van der Waals surface area contributed by atoms with Gasteiger partial charge in [-0.1, -0.05) is 30.3 Å². The Morgan fingerprint density at radius 1 is 1.16 bits per heavy atom. The average Bonchev–Trinajstić information content (AvgIpc) is 3.23. The number of aliphatic hydroxyl groups excluding tert-OH is 1. The van der Waals surface area contributed by atoms with Crippen molar-refractivity contribution in [3.63, 3.8) is 0 Å². The molecule has 0 saturated heterocycles. The van der Waals surface area contributed by atoms with Gasteiger partial charge < -0.3 is 19.9 Å². The first-order chi connectivity index (χ1) is 15.6. The van der Waals surface area contributed by atoms with Gasteiger partial charge in [0.2, 0.25) is 0 Å². The van der Waals surface area contributed by atoms with Gasteiger partial charge in [-0.2, -0.15) is 4.98 Å². The van der Waals surface area contributed by atoms with Gasteiger partial charge in [0.05, 0.1) is 18.4 Å². The SMILES string of the molecule is C=CCCC(O)CNc1ccc(-n2nc(OCCOCC)nc2-c2ccccc2C)cc1. The Balaban J connectivity index is 1.79. The number of rotatable bonds is 13. The number of aliphatic hydroxyl groups is 1. The summed E-state index contributed by atoms with van der Waals surface area (Å²) in [4.78, 5) is 4.64. The van der Waals surface area contributed by atoms with Crippen LogP contribution in [0.15, 0.2) is 61.2 Å². The Kier molecular flexibility index (Phi) is 8.83. The Morgan fingerprint density at radius 2 is 1.94 bits per heavy atom. The van der Waals surface area contributed by atoms with Crippen LogP contribution in [0.25, 0.3) is 17.1 Å². The average molecular weight is 437 g/mol. The van der Waals surface area contributed by atoms with Crippen molar-refractivity contribution in [1.29, 1.82) is 0 Å². The summed E-state index contributed by atoms with van der Waals surface area (Å²) >= 11 is 0. The Bertz CT molecular complexity index is 985. The zero-order valence-electron chi connectivity index (χ0n) is 18.8. The summed E-state index contributed by atoms with van der Waals surface area (Å²) in [6.45, 7) is 9.70. The second-order valence-electron chi connectivity index (χ2n) is 7.44. The van der Waals surface area contributed by atoms with Crippen LogP contribution in [0.1, 0.15) is 25.3 Å². The van der Waals surface area contributed by atoms with Gasteiger partial charge in [-0.3, -0.25) is 0 Å². The van der Waals surface area contributed by atoms with Gasteiger partial charge in [-0.15, -0.1) is 11.7 Å². The third-order valence-corrected chi connectivity index (χ3v) is 4.99. The molecule has 3 aromatic rings. The van der Waals surface area contributed by atoms with Crippen molar-refractivity contribution in [2.24, 2.45) is 0 Å². The fourth-order valence-electron chi connectivity index (χ4n) is 3.24. The minimum Gasteiger partial charge on any atom is -0.460 e. The van der Waals surface area contributed by atoms with E-state index in [1.807, 2.05) is 55.5 Å². The van der Waals surface area contributed by atoms with E-state index in [1.54, 1.807) is 4.68 Å². The predicted molar refractivity (Wildman–Crippen MR) is 127 cm³/mol. The van der Waals surface area contributed by atoms with Crippen molar-refractivity contribution in [3.8, 4) is 23.1 Å². The van der Waals surface area contributed by atoms with Gasteiger partial charge in [0, 0.05) is 24.4 Å². The molecule has 1 unspecified atom stereocenters. The van der Waals surface area contributed by atoms with Crippen LogP contribution in [0.4, 0.5) is 5.69 Å². The second kappa shape index (κ2) is 12.0. The molecular formula is C25H32N4O3. The first-order valence-electron chi connectivity index (χ1n) is 11.0. The highest BCUT2D eigenvalue weighted by Crippen LogP contribution is 2.26. The molecule has 3 rings (SSSR count). The number of aromatic nitrogens is 3. The summed E-state index contributed by atoms with van der Waals surface area (Å²) in [5.41, 5.74) is 3.89. The summed E-state index contributed by atoms with van der Waals surface area (Å²) in [5, 5.41) is 17.9. The minimum absolute atomic E-state index is 0.315. The molecule has 1 aromatic heterocycles. The van der Waals surface area contributed by atoms with Gasteiger partial charge in [0.1, 0.15) is 6.61 Å². The maximum Gasteiger partial charge on any atom is 0.336 e. The molecule has 32 heavy (non-hydrogen) atoms. The van der Waals surface area contributed by atoms with E-state index < -0.39 is 6.10 Å². The van der Waals surface area contributed by atoms with Gasteiger partial charge in [0.25, 0.3) is 0 Å². The molecule has 0 aliphatic rings.